The van der Waals surface area contributed by atoms with E-state index in [4.69, 9.17) is 19.4 Å². The van der Waals surface area contributed by atoms with Crippen LogP contribution in [0.25, 0.3) is 11.2 Å². The van der Waals surface area contributed by atoms with E-state index in [0.29, 0.717) is 28.6 Å². The van der Waals surface area contributed by atoms with Crippen LogP contribution in [0.5, 0.6) is 0 Å². The number of hydrogen-bond donors (Lipinski definition) is 2. The van der Waals surface area contributed by atoms with E-state index in [1.54, 1.807) is 22.5 Å². The molecule has 2 aromatic heterocycles. The zero-order chi connectivity index (χ0) is 26.6. The molecule has 38 heavy (non-hydrogen) atoms. The van der Waals surface area contributed by atoms with Crippen LogP contribution in [0.2, 0.25) is 0 Å². The zero-order valence-electron chi connectivity index (χ0n) is 21.6. The van der Waals surface area contributed by atoms with Crippen molar-refractivity contribution < 1.29 is 23.4 Å². The van der Waals surface area contributed by atoms with Crippen molar-refractivity contribution in [3.63, 3.8) is 0 Å². The number of benzene rings is 1. The molecule has 0 bridgehead atoms. The van der Waals surface area contributed by atoms with Crippen LogP contribution in [0.3, 0.4) is 0 Å². The molecule has 3 aliphatic rings. The quantitative estimate of drug-likeness (QED) is 0.229. The summed E-state index contributed by atoms with van der Waals surface area (Å²) in [5, 5.41) is 23.0. The number of ether oxygens (including phenoxy) is 2. The summed E-state index contributed by atoms with van der Waals surface area (Å²) >= 11 is 1.58. The summed E-state index contributed by atoms with van der Waals surface area (Å²) in [7, 11) is 0. The number of nitrogens with zero attached hydrogens (tertiary/aromatic N) is 5. The average Bonchev–Trinajstić information content (AvgIpc) is 3.21. The Morgan fingerprint density at radius 3 is 2.74 bits per heavy atom. The maximum Gasteiger partial charge on any atom is 0.191 e. The van der Waals surface area contributed by atoms with Crippen LogP contribution in [-0.4, -0.2) is 66.5 Å². The molecule has 3 fully saturated rings. The lowest BCUT2D eigenvalue weighted by Gasteiger charge is -2.23. The lowest BCUT2D eigenvalue weighted by atomic mass is 10.1. The molecule has 9 nitrogen and oxygen atoms in total. The molecule has 0 radical (unpaired) electrons. The topological polar surface area (TPSA) is 107 Å². The van der Waals surface area contributed by atoms with Gasteiger partial charge >= 0.3 is 0 Å². The van der Waals surface area contributed by atoms with Crippen LogP contribution in [0.4, 0.5) is 14.6 Å². The summed E-state index contributed by atoms with van der Waals surface area (Å²) < 4.78 is 41.4. The highest BCUT2D eigenvalue weighted by molar-refractivity contribution is 7.99. The Morgan fingerprint density at radius 1 is 1.16 bits per heavy atom. The van der Waals surface area contributed by atoms with Gasteiger partial charge in [0.2, 0.25) is 0 Å². The van der Waals surface area contributed by atoms with Gasteiger partial charge in [-0.2, -0.15) is 0 Å². The highest BCUT2D eigenvalue weighted by atomic mass is 32.2. The molecule has 12 heteroatoms. The first-order valence-electron chi connectivity index (χ1n) is 13.2. The number of unbranched alkanes of at least 4 members (excludes halogenated alkanes) is 1. The van der Waals surface area contributed by atoms with Gasteiger partial charge < -0.3 is 19.9 Å². The maximum absolute atomic E-state index is 13.8. The predicted octanol–water partition coefficient (Wildman–Crippen LogP) is 4.43. The van der Waals surface area contributed by atoms with Crippen molar-refractivity contribution in [1.82, 2.24) is 25.0 Å². The second kappa shape index (κ2) is 9.96. The van der Waals surface area contributed by atoms with Gasteiger partial charge in [-0.25, -0.2) is 23.4 Å². The van der Waals surface area contributed by atoms with Crippen LogP contribution >= 0.6 is 11.8 Å². The van der Waals surface area contributed by atoms with Gasteiger partial charge in [0, 0.05) is 30.2 Å². The van der Waals surface area contributed by atoms with Crippen molar-refractivity contribution in [2.45, 2.75) is 87.6 Å². The molecule has 204 valence electrons. The van der Waals surface area contributed by atoms with E-state index in [1.807, 2.05) is 13.8 Å². The minimum absolute atomic E-state index is 0.00328. The molecule has 1 saturated heterocycles. The van der Waals surface area contributed by atoms with Gasteiger partial charge in [0.05, 0.1) is 12.1 Å². The Kier molecular flexibility index (Phi) is 6.78. The summed E-state index contributed by atoms with van der Waals surface area (Å²) in [6, 6.07) is 3.87. The average molecular weight is 547 g/mol. The molecule has 6 rings (SSSR count). The second-order valence-electron chi connectivity index (χ2n) is 10.8. The fraction of sp³-hybridized carbons (Fsp3) is 0.615. The highest BCUT2D eigenvalue weighted by Crippen LogP contribution is 2.48. The van der Waals surface area contributed by atoms with Gasteiger partial charge in [0.1, 0.15) is 6.10 Å². The number of rotatable bonds is 9. The smallest absolute Gasteiger partial charge is 0.191 e. The number of aliphatic hydroxyl groups is 1. The van der Waals surface area contributed by atoms with Crippen molar-refractivity contribution in [2.75, 3.05) is 17.7 Å². The number of nitrogens with one attached hydrogen (secondary N) is 1. The number of anilines is 1. The van der Waals surface area contributed by atoms with Gasteiger partial charge in [0.25, 0.3) is 0 Å². The zero-order valence-corrected chi connectivity index (χ0v) is 22.4. The molecule has 3 heterocycles. The van der Waals surface area contributed by atoms with Crippen molar-refractivity contribution in [2.24, 2.45) is 5.92 Å². The van der Waals surface area contributed by atoms with E-state index in [9.17, 15) is 13.9 Å². The lowest BCUT2D eigenvalue weighted by Crippen LogP contribution is -2.28. The van der Waals surface area contributed by atoms with Gasteiger partial charge in [-0.05, 0) is 50.8 Å². The summed E-state index contributed by atoms with van der Waals surface area (Å²) in [5.41, 5.74) is 1.89. The SMILES string of the molecule is CCCCSc1nc(N[C@H]2C[C@H]2c2ccc(F)c(F)c2)c2nnn([C@H]3C[C@@H](CO)[C@@H]4OC(C)(C)O[C@@H]43)c2n1. The standard InChI is InChI=1S/C26H32F2N6O3S/c1-4-5-8-38-25-30-23(29-18-11-15(18)13-6-7-16(27)17(28)9-13)20-24(31-25)34(33-32-20)19-10-14(12-35)21-22(19)37-26(2,3)36-21/h6-7,9,14-15,18-19,21-22,35H,4-5,8,10-12H2,1-3H3,(H,29,30,31)/t14-,15-,18-,19-,21-,22+/m0/s1. The largest absolute Gasteiger partial charge is 0.396 e. The molecule has 1 aromatic carbocycles. The lowest BCUT2D eigenvalue weighted by molar-refractivity contribution is -0.162. The fourth-order valence-corrected chi connectivity index (χ4v) is 6.55. The van der Waals surface area contributed by atoms with Crippen LogP contribution in [0.15, 0.2) is 23.4 Å². The highest BCUT2D eigenvalue weighted by Gasteiger charge is 2.55. The first kappa shape index (κ1) is 25.8. The second-order valence-corrected chi connectivity index (χ2v) is 11.9. The fourth-order valence-electron chi connectivity index (χ4n) is 5.62. The number of aliphatic hydroxyl groups excluding tert-OH is 1. The molecule has 6 atom stereocenters. The monoisotopic (exact) mass is 546 g/mol. The Hall–Kier alpha value is -2.41. The number of aromatic nitrogens is 5. The van der Waals surface area contributed by atoms with Gasteiger partial charge in [-0.15, -0.1) is 5.10 Å². The molecular weight excluding hydrogens is 514 g/mol. The molecule has 2 saturated carbocycles. The molecule has 1 aliphatic heterocycles. The van der Waals surface area contributed by atoms with Crippen LogP contribution in [0, 0.1) is 17.6 Å². The Balaban J connectivity index is 1.31. The van der Waals surface area contributed by atoms with E-state index in [2.05, 4.69) is 22.6 Å². The summed E-state index contributed by atoms with van der Waals surface area (Å²) in [5.74, 6) is -1.00. The van der Waals surface area contributed by atoms with Crippen LogP contribution in [-0.2, 0) is 9.47 Å². The number of halogens is 2. The molecular formula is C26H32F2N6O3S. The van der Waals surface area contributed by atoms with Gasteiger partial charge in [0.15, 0.2) is 39.6 Å². The summed E-state index contributed by atoms with van der Waals surface area (Å²) in [4.78, 5) is 9.61. The third kappa shape index (κ3) is 4.76. The van der Waals surface area contributed by atoms with Crippen molar-refractivity contribution in [3.05, 3.63) is 35.4 Å². The van der Waals surface area contributed by atoms with E-state index in [0.717, 1.165) is 30.6 Å². The Bertz CT molecular complexity index is 1340. The normalized spacial score (nSPS) is 29.6. The summed E-state index contributed by atoms with van der Waals surface area (Å²) in [6.07, 6.45) is 2.99. The van der Waals surface area contributed by atoms with E-state index < -0.39 is 17.4 Å². The van der Waals surface area contributed by atoms with E-state index in [-0.39, 0.29) is 42.7 Å². The maximum atomic E-state index is 13.8. The predicted molar refractivity (Wildman–Crippen MR) is 138 cm³/mol. The molecule has 0 unspecified atom stereocenters. The van der Waals surface area contributed by atoms with Crippen LogP contribution in [0.1, 0.15) is 64.0 Å². The Morgan fingerprint density at radius 2 is 1.97 bits per heavy atom. The van der Waals surface area contributed by atoms with Gasteiger partial charge in [-0.1, -0.05) is 36.4 Å². The molecule has 2 aliphatic carbocycles. The van der Waals surface area contributed by atoms with Crippen LogP contribution < -0.4 is 5.32 Å². The summed E-state index contributed by atoms with van der Waals surface area (Å²) in [6.45, 7) is 5.89. The van der Waals surface area contributed by atoms with Crippen molar-refractivity contribution in [1.29, 1.82) is 0 Å². The van der Waals surface area contributed by atoms with Gasteiger partial charge in [-0.3, -0.25) is 0 Å². The number of fused-ring (bicyclic) bond motifs is 2. The number of hydrogen-bond acceptors (Lipinski definition) is 9. The minimum Gasteiger partial charge on any atom is -0.396 e. The molecule has 0 amide bonds. The number of thioether (sulfide) groups is 1. The molecule has 0 spiro atoms. The van der Waals surface area contributed by atoms with E-state index in [1.165, 1.54) is 12.1 Å². The first-order valence-corrected chi connectivity index (χ1v) is 14.2. The molecule has 3 aromatic rings. The van der Waals surface area contributed by atoms with Crippen molar-refractivity contribution in [3.8, 4) is 0 Å². The molecule has 2 N–H and O–H groups in total. The van der Waals surface area contributed by atoms with E-state index >= 15 is 0 Å². The minimum atomic E-state index is -0.848. The third-order valence-electron chi connectivity index (χ3n) is 7.62. The first-order chi connectivity index (χ1) is 18.3. The van der Waals surface area contributed by atoms with Crippen molar-refractivity contribution >= 4 is 28.7 Å². The third-order valence-corrected chi connectivity index (χ3v) is 8.55. The Labute approximate surface area is 223 Å².